The second-order valence-electron chi connectivity index (χ2n) is 7.70. The summed E-state index contributed by atoms with van der Waals surface area (Å²) in [5.41, 5.74) is 0.149. The molecule has 0 fully saturated rings. The molecule has 0 spiro atoms. The molecule has 1 aliphatic rings. The Morgan fingerprint density at radius 2 is 2.00 bits per heavy atom. The number of alkyl halides is 1. The fourth-order valence-corrected chi connectivity index (χ4v) is 3.26. The fourth-order valence-electron chi connectivity index (χ4n) is 3.12. The van der Waals surface area contributed by atoms with Gasteiger partial charge < -0.3 is 9.84 Å². The van der Waals surface area contributed by atoms with E-state index in [9.17, 15) is 14.7 Å². The zero-order chi connectivity index (χ0) is 18.7. The van der Waals surface area contributed by atoms with Gasteiger partial charge in [0.25, 0.3) is 0 Å². The van der Waals surface area contributed by atoms with E-state index in [1.807, 2.05) is 12.1 Å². The average Bonchev–Trinajstić information content (AvgIpc) is 2.87. The van der Waals surface area contributed by atoms with Crippen molar-refractivity contribution in [3.63, 3.8) is 0 Å². The number of hydrogen-bond acceptors (Lipinski definition) is 3. The van der Waals surface area contributed by atoms with Crippen molar-refractivity contribution < 1.29 is 19.4 Å². The van der Waals surface area contributed by atoms with E-state index >= 15 is 0 Å². The van der Waals surface area contributed by atoms with Gasteiger partial charge in [-0.3, -0.25) is 4.90 Å². The Labute approximate surface area is 153 Å². The number of anilines is 1. The second kappa shape index (κ2) is 7.65. The quantitative estimate of drug-likeness (QED) is 0.753. The molecular formula is C19H26ClNO4. The van der Waals surface area contributed by atoms with Crippen LogP contribution < -0.4 is 4.90 Å². The number of carbonyl (C=O) groups excluding carboxylic acids is 1. The summed E-state index contributed by atoms with van der Waals surface area (Å²) in [6, 6.07) is 7.27. The van der Waals surface area contributed by atoms with E-state index < -0.39 is 17.6 Å². The number of para-hydroxylation sites is 1. The molecule has 138 valence electrons. The first-order chi connectivity index (χ1) is 11.7. The molecule has 1 aromatic rings. The van der Waals surface area contributed by atoms with Crippen molar-refractivity contribution in [2.75, 3.05) is 17.4 Å². The third kappa shape index (κ3) is 4.27. The normalized spacial score (nSPS) is 19.6. The van der Waals surface area contributed by atoms with Crippen molar-refractivity contribution in [3.8, 4) is 0 Å². The van der Waals surface area contributed by atoms with Crippen LogP contribution in [0.4, 0.5) is 10.5 Å². The maximum atomic E-state index is 12.8. The first kappa shape index (κ1) is 19.6. The Morgan fingerprint density at radius 1 is 1.32 bits per heavy atom. The maximum Gasteiger partial charge on any atom is 0.415 e. The van der Waals surface area contributed by atoms with Crippen LogP contribution in [0, 0.1) is 5.41 Å². The standard InChI is InChI=1S/C19H26ClNO4/c1-18(2,3)10-12-25-17(24)21-15-8-5-4-7-14(15)13-19(21,16(22)23)9-6-11-20/h4-5,7-8H,6,9-13H2,1-3H3,(H,22,23). The zero-order valence-electron chi connectivity index (χ0n) is 15.0. The summed E-state index contributed by atoms with van der Waals surface area (Å²) < 4.78 is 5.43. The molecule has 1 amide bonds. The Hall–Kier alpha value is -1.75. The van der Waals surface area contributed by atoms with Gasteiger partial charge in [0.1, 0.15) is 0 Å². The predicted molar refractivity (Wildman–Crippen MR) is 98.4 cm³/mol. The van der Waals surface area contributed by atoms with E-state index in [-0.39, 0.29) is 24.9 Å². The predicted octanol–water partition coefficient (Wildman–Crippen LogP) is 4.46. The smallest absolute Gasteiger partial charge is 0.415 e. The minimum Gasteiger partial charge on any atom is -0.479 e. The third-order valence-corrected chi connectivity index (χ3v) is 4.79. The Morgan fingerprint density at radius 3 is 2.60 bits per heavy atom. The molecule has 1 aliphatic heterocycles. The average molecular weight is 368 g/mol. The molecule has 0 aromatic heterocycles. The highest BCUT2D eigenvalue weighted by molar-refractivity contribution is 6.17. The van der Waals surface area contributed by atoms with Crippen molar-refractivity contribution >= 4 is 29.4 Å². The molecule has 2 rings (SSSR count). The van der Waals surface area contributed by atoms with Gasteiger partial charge in [0, 0.05) is 12.3 Å². The molecule has 25 heavy (non-hydrogen) atoms. The Balaban J connectivity index is 2.30. The van der Waals surface area contributed by atoms with Crippen LogP contribution in [0.15, 0.2) is 24.3 Å². The van der Waals surface area contributed by atoms with Crippen molar-refractivity contribution in [1.29, 1.82) is 0 Å². The highest BCUT2D eigenvalue weighted by atomic mass is 35.5. The van der Waals surface area contributed by atoms with E-state index in [0.717, 1.165) is 5.56 Å². The number of amides is 1. The number of aliphatic carboxylic acids is 1. The van der Waals surface area contributed by atoms with Crippen molar-refractivity contribution in [1.82, 2.24) is 0 Å². The molecule has 1 N–H and O–H groups in total. The lowest BCUT2D eigenvalue weighted by Gasteiger charge is -2.34. The fraction of sp³-hybridized carbons (Fsp3) is 0.579. The highest BCUT2D eigenvalue weighted by Gasteiger charge is 2.53. The van der Waals surface area contributed by atoms with E-state index in [1.54, 1.807) is 12.1 Å². The second-order valence-corrected chi connectivity index (χ2v) is 8.07. The molecule has 0 saturated heterocycles. The van der Waals surface area contributed by atoms with Crippen LogP contribution in [0.3, 0.4) is 0 Å². The van der Waals surface area contributed by atoms with Gasteiger partial charge in [-0.15, -0.1) is 11.6 Å². The largest absolute Gasteiger partial charge is 0.479 e. The highest BCUT2D eigenvalue weighted by Crippen LogP contribution is 2.42. The summed E-state index contributed by atoms with van der Waals surface area (Å²) in [6.45, 7) is 6.45. The topological polar surface area (TPSA) is 66.8 Å². The van der Waals surface area contributed by atoms with Gasteiger partial charge in [-0.2, -0.15) is 0 Å². The summed E-state index contributed by atoms with van der Waals surface area (Å²) in [5.74, 6) is -0.681. The molecule has 5 nitrogen and oxygen atoms in total. The minimum absolute atomic E-state index is 0.0334. The molecule has 1 heterocycles. The number of carboxylic acid groups (broad SMARTS) is 1. The number of carboxylic acids is 1. The van der Waals surface area contributed by atoms with E-state index in [2.05, 4.69) is 20.8 Å². The SMILES string of the molecule is CC(C)(C)CCOC(=O)N1c2ccccc2CC1(CCCCl)C(=O)O. The lowest BCUT2D eigenvalue weighted by atomic mass is 9.89. The van der Waals surface area contributed by atoms with E-state index in [0.29, 0.717) is 24.4 Å². The Kier molecular flexibility index (Phi) is 5.99. The first-order valence-corrected chi connectivity index (χ1v) is 9.09. The van der Waals surface area contributed by atoms with Crippen LogP contribution in [0.25, 0.3) is 0 Å². The van der Waals surface area contributed by atoms with Gasteiger partial charge in [0.15, 0.2) is 5.54 Å². The van der Waals surface area contributed by atoms with Gasteiger partial charge in [-0.25, -0.2) is 9.59 Å². The van der Waals surface area contributed by atoms with Gasteiger partial charge in [0.05, 0.1) is 12.3 Å². The minimum atomic E-state index is -1.34. The van der Waals surface area contributed by atoms with Crippen LogP contribution in [0.1, 0.15) is 45.6 Å². The number of halogens is 1. The summed E-state index contributed by atoms with van der Waals surface area (Å²) in [5, 5.41) is 9.94. The Bertz CT molecular complexity index is 641. The molecular weight excluding hydrogens is 342 g/mol. The van der Waals surface area contributed by atoms with Crippen molar-refractivity contribution in [2.24, 2.45) is 5.41 Å². The number of rotatable bonds is 6. The first-order valence-electron chi connectivity index (χ1n) is 8.55. The van der Waals surface area contributed by atoms with Crippen LogP contribution >= 0.6 is 11.6 Å². The number of hydrogen-bond donors (Lipinski definition) is 1. The van der Waals surface area contributed by atoms with E-state index in [4.69, 9.17) is 16.3 Å². The van der Waals surface area contributed by atoms with Gasteiger partial charge in [-0.1, -0.05) is 39.0 Å². The number of nitrogens with zero attached hydrogens (tertiary/aromatic N) is 1. The molecule has 0 bridgehead atoms. The number of fused-ring (bicyclic) bond motifs is 1. The summed E-state index contributed by atoms with van der Waals surface area (Å²) >= 11 is 5.79. The van der Waals surface area contributed by atoms with Crippen LogP contribution in [0.5, 0.6) is 0 Å². The van der Waals surface area contributed by atoms with Gasteiger partial charge in [0.2, 0.25) is 0 Å². The molecule has 6 heteroatoms. The van der Waals surface area contributed by atoms with Crippen molar-refractivity contribution in [2.45, 2.75) is 52.0 Å². The summed E-state index contributed by atoms with van der Waals surface area (Å²) in [7, 11) is 0. The van der Waals surface area contributed by atoms with Crippen LogP contribution in [0.2, 0.25) is 0 Å². The van der Waals surface area contributed by atoms with Gasteiger partial charge >= 0.3 is 12.1 Å². The molecule has 0 aliphatic carbocycles. The monoisotopic (exact) mass is 367 g/mol. The molecule has 0 saturated carbocycles. The molecule has 1 unspecified atom stereocenters. The number of benzene rings is 1. The number of ether oxygens (including phenoxy) is 1. The van der Waals surface area contributed by atoms with Crippen LogP contribution in [-0.4, -0.2) is 35.2 Å². The lowest BCUT2D eigenvalue weighted by molar-refractivity contribution is -0.143. The number of carbonyl (C=O) groups is 2. The van der Waals surface area contributed by atoms with Gasteiger partial charge in [-0.05, 0) is 36.3 Å². The molecule has 1 atom stereocenters. The summed E-state index contributed by atoms with van der Waals surface area (Å²) in [6.07, 6.45) is 1.16. The van der Waals surface area contributed by atoms with Crippen LogP contribution in [-0.2, 0) is 16.0 Å². The van der Waals surface area contributed by atoms with E-state index in [1.165, 1.54) is 4.90 Å². The molecule has 1 aromatic carbocycles. The lowest BCUT2D eigenvalue weighted by Crippen LogP contribution is -2.56. The molecule has 0 radical (unpaired) electrons. The summed E-state index contributed by atoms with van der Waals surface area (Å²) in [4.78, 5) is 26.3. The third-order valence-electron chi connectivity index (χ3n) is 4.53. The maximum absolute atomic E-state index is 12.8. The zero-order valence-corrected chi connectivity index (χ0v) is 15.8. The van der Waals surface area contributed by atoms with Crippen molar-refractivity contribution in [3.05, 3.63) is 29.8 Å².